The number of hydrogen-bond donors (Lipinski definition) is 1. The van der Waals surface area contributed by atoms with Gasteiger partial charge in [-0.05, 0) is 62.1 Å². The molecule has 5 rings (SSSR count). The fraction of sp³-hybridized carbons (Fsp3) is 0.552. The van der Waals surface area contributed by atoms with Gasteiger partial charge in [0.1, 0.15) is 5.00 Å². The smallest absolute Gasteiger partial charge is 0.308 e. The number of nitrogens with zero attached hydrogens (tertiary/aromatic N) is 3. The Balaban J connectivity index is 1.33. The van der Waals surface area contributed by atoms with Crippen LogP contribution in [0.5, 0.6) is 0 Å². The molecule has 0 radical (unpaired) electrons. The normalized spacial score (nSPS) is 18.9. The lowest BCUT2D eigenvalue weighted by molar-refractivity contribution is -0.146. The molecule has 0 atom stereocenters. The molecule has 42 heavy (non-hydrogen) atoms. The number of carbonyl (C=O) groups excluding carboxylic acids is 3. The molecule has 228 valence electrons. The number of ether oxygens (including phenoxy) is 2. The Hall–Kier alpha value is -2.84. The van der Waals surface area contributed by atoms with Gasteiger partial charge in [0.05, 0.1) is 36.7 Å². The van der Waals surface area contributed by atoms with Crippen molar-refractivity contribution in [1.29, 1.82) is 0 Å². The first-order chi connectivity index (χ1) is 20.2. The Bertz CT molecular complexity index is 1410. The molecule has 2 saturated heterocycles. The average molecular weight is 619 g/mol. The third-order valence-corrected chi connectivity index (χ3v) is 11.2. The van der Waals surface area contributed by atoms with Gasteiger partial charge in [0, 0.05) is 49.7 Å². The van der Waals surface area contributed by atoms with Crippen LogP contribution in [-0.2, 0) is 37.3 Å². The molecule has 0 saturated carbocycles. The predicted octanol–water partition coefficient (Wildman–Crippen LogP) is 2.81. The van der Waals surface area contributed by atoms with Crippen molar-refractivity contribution in [2.75, 3.05) is 64.9 Å². The van der Waals surface area contributed by atoms with Crippen LogP contribution in [0.15, 0.2) is 29.2 Å². The van der Waals surface area contributed by atoms with Crippen LogP contribution in [0.3, 0.4) is 0 Å². The minimum Gasteiger partial charge on any atom is -0.469 e. The van der Waals surface area contributed by atoms with Gasteiger partial charge in [-0.1, -0.05) is 6.92 Å². The summed E-state index contributed by atoms with van der Waals surface area (Å²) in [7, 11) is -2.44. The van der Waals surface area contributed by atoms with Crippen LogP contribution < -0.4 is 5.32 Å². The lowest BCUT2D eigenvalue weighted by Gasteiger charge is -2.29. The third-order valence-electron chi connectivity index (χ3n) is 8.16. The van der Waals surface area contributed by atoms with Gasteiger partial charge in [-0.15, -0.1) is 11.3 Å². The highest BCUT2D eigenvalue weighted by atomic mass is 32.2. The van der Waals surface area contributed by atoms with Gasteiger partial charge in [-0.25, -0.2) is 8.42 Å². The standard InChI is InChI=1S/C29H38N4O7S2/c1-3-11-31-12-10-23-24(19-31)41-27(25(23)28(35)32-15-17-40-18-16-32)30-26(34)20-4-6-22(7-5-20)42(37,38)33-13-8-21(9-14-33)29(36)39-2/h4-7,21H,3,8-19H2,1-2H3,(H,30,34). The molecule has 3 aliphatic rings. The van der Waals surface area contributed by atoms with E-state index in [1.807, 2.05) is 0 Å². The number of sulfonamides is 1. The minimum atomic E-state index is -3.78. The Kier molecular flexibility index (Phi) is 9.63. The number of fused-ring (bicyclic) bond motifs is 1. The van der Waals surface area contributed by atoms with Crippen LogP contribution >= 0.6 is 11.3 Å². The van der Waals surface area contributed by atoms with Crippen LogP contribution in [0, 0.1) is 5.92 Å². The number of nitrogens with one attached hydrogen (secondary N) is 1. The summed E-state index contributed by atoms with van der Waals surface area (Å²) >= 11 is 1.45. The second-order valence-electron chi connectivity index (χ2n) is 10.8. The fourth-order valence-electron chi connectivity index (χ4n) is 5.80. The van der Waals surface area contributed by atoms with E-state index < -0.39 is 15.9 Å². The van der Waals surface area contributed by atoms with E-state index in [0.717, 1.165) is 42.9 Å². The molecular formula is C29H38N4O7S2. The molecule has 2 amide bonds. The Morgan fingerprint density at radius 3 is 2.38 bits per heavy atom. The van der Waals surface area contributed by atoms with Gasteiger partial charge >= 0.3 is 5.97 Å². The van der Waals surface area contributed by atoms with Crippen molar-refractivity contribution in [2.45, 2.75) is 44.0 Å². The second kappa shape index (κ2) is 13.2. The summed E-state index contributed by atoms with van der Waals surface area (Å²) in [6.07, 6.45) is 2.59. The summed E-state index contributed by atoms with van der Waals surface area (Å²) in [4.78, 5) is 44.2. The predicted molar refractivity (Wildman–Crippen MR) is 158 cm³/mol. The summed E-state index contributed by atoms with van der Waals surface area (Å²) in [5, 5.41) is 3.50. The lowest BCUT2D eigenvalue weighted by Crippen LogP contribution is -2.41. The van der Waals surface area contributed by atoms with E-state index in [-0.39, 0.29) is 35.8 Å². The van der Waals surface area contributed by atoms with E-state index in [4.69, 9.17) is 9.47 Å². The number of thiophene rings is 1. The van der Waals surface area contributed by atoms with Crippen molar-refractivity contribution < 1.29 is 32.3 Å². The molecule has 1 N–H and O–H groups in total. The Morgan fingerprint density at radius 1 is 1.05 bits per heavy atom. The first kappa shape index (κ1) is 30.6. The number of hydrogen-bond acceptors (Lipinski definition) is 9. The van der Waals surface area contributed by atoms with E-state index in [9.17, 15) is 22.8 Å². The second-order valence-corrected chi connectivity index (χ2v) is 13.9. The molecule has 11 nitrogen and oxygen atoms in total. The van der Waals surface area contributed by atoms with Crippen LogP contribution in [-0.4, -0.2) is 99.9 Å². The van der Waals surface area contributed by atoms with Crippen molar-refractivity contribution >= 4 is 44.1 Å². The van der Waals surface area contributed by atoms with Crippen molar-refractivity contribution in [1.82, 2.24) is 14.1 Å². The van der Waals surface area contributed by atoms with Gasteiger partial charge in [0.15, 0.2) is 0 Å². The molecule has 0 aliphatic carbocycles. The highest BCUT2D eigenvalue weighted by Crippen LogP contribution is 2.38. The maximum absolute atomic E-state index is 13.7. The van der Waals surface area contributed by atoms with Crippen LogP contribution in [0.1, 0.15) is 57.3 Å². The van der Waals surface area contributed by atoms with E-state index >= 15 is 0 Å². The Labute approximate surface area is 250 Å². The molecule has 0 bridgehead atoms. The molecule has 0 spiro atoms. The molecule has 4 heterocycles. The monoisotopic (exact) mass is 618 g/mol. The number of piperidine rings is 1. The topological polar surface area (TPSA) is 126 Å². The first-order valence-electron chi connectivity index (χ1n) is 14.5. The molecule has 0 unspecified atom stereocenters. The number of amides is 2. The van der Waals surface area contributed by atoms with Crippen LogP contribution in [0.25, 0.3) is 0 Å². The first-order valence-corrected chi connectivity index (χ1v) is 16.7. The average Bonchev–Trinajstić information content (AvgIpc) is 3.37. The molecule has 1 aromatic carbocycles. The molecule has 3 aliphatic heterocycles. The number of carbonyl (C=O) groups is 3. The summed E-state index contributed by atoms with van der Waals surface area (Å²) in [6.45, 7) is 7.18. The SMILES string of the molecule is CCCN1CCc2c(sc(NC(=O)c3ccc(S(=O)(=O)N4CCC(C(=O)OC)CC4)cc3)c2C(=O)N2CCOCC2)C1. The number of rotatable bonds is 8. The summed E-state index contributed by atoms with van der Waals surface area (Å²) in [6, 6.07) is 5.84. The molecule has 2 fully saturated rings. The van der Waals surface area contributed by atoms with E-state index in [1.165, 1.54) is 47.0 Å². The van der Waals surface area contributed by atoms with E-state index in [0.29, 0.717) is 55.3 Å². The number of anilines is 1. The maximum atomic E-state index is 13.7. The molecule has 13 heteroatoms. The number of benzene rings is 1. The molecular weight excluding hydrogens is 580 g/mol. The van der Waals surface area contributed by atoms with E-state index in [2.05, 4.69) is 17.1 Å². The maximum Gasteiger partial charge on any atom is 0.308 e. The van der Waals surface area contributed by atoms with Gasteiger partial charge in [-0.3, -0.25) is 19.3 Å². The van der Waals surface area contributed by atoms with Crippen molar-refractivity contribution in [3.8, 4) is 0 Å². The summed E-state index contributed by atoms with van der Waals surface area (Å²) < 4.78 is 38.0. The highest BCUT2D eigenvalue weighted by molar-refractivity contribution is 7.89. The zero-order chi connectivity index (χ0) is 29.9. The third kappa shape index (κ3) is 6.40. The van der Waals surface area contributed by atoms with Crippen molar-refractivity contribution in [3.63, 3.8) is 0 Å². The van der Waals surface area contributed by atoms with Gasteiger partial charge in [0.2, 0.25) is 10.0 Å². The highest BCUT2D eigenvalue weighted by Gasteiger charge is 2.34. The van der Waals surface area contributed by atoms with Gasteiger partial charge < -0.3 is 19.7 Å². The Morgan fingerprint density at radius 2 is 1.74 bits per heavy atom. The van der Waals surface area contributed by atoms with Crippen molar-refractivity contribution in [3.05, 3.63) is 45.8 Å². The number of esters is 1. The van der Waals surface area contributed by atoms with Crippen molar-refractivity contribution in [2.24, 2.45) is 5.92 Å². The number of morpholine rings is 1. The van der Waals surface area contributed by atoms with Crippen LogP contribution in [0.4, 0.5) is 5.00 Å². The zero-order valence-corrected chi connectivity index (χ0v) is 25.7. The summed E-state index contributed by atoms with van der Waals surface area (Å²) in [5.41, 5.74) is 1.87. The quantitative estimate of drug-likeness (QED) is 0.448. The molecule has 1 aromatic heterocycles. The van der Waals surface area contributed by atoms with Gasteiger partial charge in [-0.2, -0.15) is 4.31 Å². The zero-order valence-electron chi connectivity index (χ0n) is 24.1. The lowest BCUT2D eigenvalue weighted by atomic mass is 9.99. The van der Waals surface area contributed by atoms with Crippen LogP contribution in [0.2, 0.25) is 0 Å². The summed E-state index contributed by atoms with van der Waals surface area (Å²) in [5.74, 6) is -1.11. The fourth-order valence-corrected chi connectivity index (χ4v) is 8.55. The molecule has 2 aromatic rings. The number of methoxy groups -OCH3 is 1. The minimum absolute atomic E-state index is 0.0846. The largest absolute Gasteiger partial charge is 0.469 e. The van der Waals surface area contributed by atoms with Gasteiger partial charge in [0.25, 0.3) is 11.8 Å². The van der Waals surface area contributed by atoms with E-state index in [1.54, 1.807) is 4.90 Å².